The lowest BCUT2D eigenvalue weighted by molar-refractivity contribution is 0.126. The molecule has 1 aromatic carbocycles. The molecule has 3 heterocycles. The average molecular weight is 454 g/mol. The third-order valence-electron chi connectivity index (χ3n) is 5.32. The highest BCUT2D eigenvalue weighted by Gasteiger charge is 2.27. The molecule has 1 aliphatic heterocycles. The van der Waals surface area contributed by atoms with Crippen LogP contribution in [-0.2, 0) is 4.74 Å². The Morgan fingerprint density at radius 2 is 1.91 bits per heavy atom. The maximum atomic E-state index is 14.5. The molecule has 2 aliphatic rings. The Morgan fingerprint density at radius 1 is 1.16 bits per heavy atom. The van der Waals surface area contributed by atoms with Crippen LogP contribution in [0.25, 0.3) is 11.2 Å². The van der Waals surface area contributed by atoms with Gasteiger partial charge < -0.3 is 20.5 Å². The summed E-state index contributed by atoms with van der Waals surface area (Å²) in [6.07, 6.45) is -0.0294. The zero-order valence-corrected chi connectivity index (χ0v) is 16.6. The maximum absolute atomic E-state index is 14.5. The van der Waals surface area contributed by atoms with Gasteiger partial charge in [-0.2, -0.15) is 4.98 Å². The minimum atomic E-state index is -3.19. The first kappa shape index (κ1) is 15.0. The standard InChI is InChI=1S/C21H23F3N6O2/c22-11-7-15(23)18(16(24)8-11)28-21-27-17-9-25-20(26-12-1-3-14(31)4-2-12)29-19(17)30(21)13-5-6-32-10-13/h7-9,12-14,31H,1-6,10H2,(H,27,28)(H,25,26,29)/i5D2,6D2,10D,13D. The second kappa shape index (κ2) is 8.55. The molecule has 0 amide bonds. The fraction of sp³-hybridized carbons (Fsp3) is 0.476. The van der Waals surface area contributed by atoms with Gasteiger partial charge in [0.1, 0.15) is 17.0 Å². The van der Waals surface area contributed by atoms with Crippen molar-refractivity contribution in [2.75, 3.05) is 23.8 Å². The van der Waals surface area contributed by atoms with Crippen LogP contribution in [0.15, 0.2) is 18.3 Å². The van der Waals surface area contributed by atoms with Crippen molar-refractivity contribution < 1.29 is 31.2 Å². The number of benzene rings is 1. The molecule has 0 bridgehead atoms. The maximum Gasteiger partial charge on any atom is 0.224 e. The number of halogens is 3. The van der Waals surface area contributed by atoms with Gasteiger partial charge in [-0.05, 0) is 32.1 Å². The van der Waals surface area contributed by atoms with E-state index in [1.165, 1.54) is 6.20 Å². The summed E-state index contributed by atoms with van der Waals surface area (Å²) in [4.78, 5) is 12.6. The number of aromatic nitrogens is 4. The molecule has 2 aromatic heterocycles. The number of aliphatic hydroxyl groups excluding tert-OH is 1. The lowest BCUT2D eigenvalue weighted by Gasteiger charge is -2.26. The van der Waals surface area contributed by atoms with Crippen LogP contribution in [0.5, 0.6) is 0 Å². The van der Waals surface area contributed by atoms with E-state index >= 15 is 0 Å². The smallest absolute Gasteiger partial charge is 0.224 e. The summed E-state index contributed by atoms with van der Waals surface area (Å²) in [5.41, 5.74) is -1.19. The Hall–Kier alpha value is -2.92. The van der Waals surface area contributed by atoms with E-state index in [4.69, 9.17) is 13.0 Å². The number of fused-ring (bicyclic) bond motifs is 1. The van der Waals surface area contributed by atoms with Crippen LogP contribution in [0.2, 0.25) is 0 Å². The molecule has 32 heavy (non-hydrogen) atoms. The van der Waals surface area contributed by atoms with Gasteiger partial charge in [0.2, 0.25) is 11.9 Å². The Kier molecular flexibility index (Phi) is 4.01. The van der Waals surface area contributed by atoms with Crippen molar-refractivity contribution in [3.05, 3.63) is 35.8 Å². The van der Waals surface area contributed by atoms with Crippen molar-refractivity contribution in [3.63, 3.8) is 0 Å². The van der Waals surface area contributed by atoms with Crippen LogP contribution in [0.4, 0.5) is 30.8 Å². The second-order valence-electron chi connectivity index (χ2n) is 7.54. The molecule has 5 rings (SSSR count). The molecule has 3 N–H and O–H groups in total. The van der Waals surface area contributed by atoms with Gasteiger partial charge in [-0.25, -0.2) is 23.1 Å². The van der Waals surface area contributed by atoms with Crippen LogP contribution < -0.4 is 10.6 Å². The fourth-order valence-electron chi connectivity index (χ4n) is 3.74. The SMILES string of the molecule is [2H]C1OC([2H])([2H])C([2H])([2H])C1([2H])n1c(Nc2c(F)cc(F)cc2F)nc2cnc(NC3CCC(O)CC3)nc21. The second-order valence-corrected chi connectivity index (χ2v) is 7.54. The number of anilines is 3. The lowest BCUT2D eigenvalue weighted by atomic mass is 9.93. The van der Waals surface area contributed by atoms with Crippen molar-refractivity contribution in [2.24, 2.45) is 0 Å². The first-order valence-electron chi connectivity index (χ1n) is 13.0. The zero-order chi connectivity index (χ0) is 27.6. The van der Waals surface area contributed by atoms with E-state index in [1.807, 2.05) is 0 Å². The first-order valence-corrected chi connectivity index (χ1v) is 9.97. The van der Waals surface area contributed by atoms with Crippen molar-refractivity contribution in [1.82, 2.24) is 19.5 Å². The monoisotopic (exact) mass is 454 g/mol. The topological polar surface area (TPSA) is 97.1 Å². The Labute approximate surface area is 190 Å². The molecule has 0 spiro atoms. The van der Waals surface area contributed by atoms with E-state index in [-0.39, 0.29) is 23.2 Å². The molecular weight excluding hydrogens is 425 g/mol. The summed E-state index contributed by atoms with van der Waals surface area (Å²) in [5, 5.41) is 15.1. The number of imidazole rings is 1. The van der Waals surface area contributed by atoms with Gasteiger partial charge in [0.15, 0.2) is 17.3 Å². The summed E-state index contributed by atoms with van der Waals surface area (Å²) in [5.74, 6) is -4.42. The molecule has 0 radical (unpaired) electrons. The summed E-state index contributed by atoms with van der Waals surface area (Å²) < 4.78 is 97.9. The van der Waals surface area contributed by atoms with Gasteiger partial charge in [-0.15, -0.1) is 0 Å². The van der Waals surface area contributed by atoms with E-state index in [0.717, 1.165) is 0 Å². The van der Waals surface area contributed by atoms with Crippen molar-refractivity contribution in [3.8, 4) is 0 Å². The summed E-state index contributed by atoms with van der Waals surface area (Å²) in [7, 11) is 0. The van der Waals surface area contributed by atoms with E-state index in [2.05, 4.69) is 25.6 Å². The van der Waals surface area contributed by atoms with Gasteiger partial charge in [-0.1, -0.05) is 0 Å². The molecule has 2 unspecified atom stereocenters. The normalized spacial score (nSPS) is 34.1. The molecule has 2 atom stereocenters. The molecule has 8 nitrogen and oxygen atoms in total. The van der Waals surface area contributed by atoms with Gasteiger partial charge in [0.25, 0.3) is 0 Å². The summed E-state index contributed by atoms with van der Waals surface area (Å²) in [6, 6.07) is -2.19. The van der Waals surface area contributed by atoms with Crippen molar-refractivity contribution in [1.29, 1.82) is 0 Å². The van der Waals surface area contributed by atoms with Crippen LogP contribution in [-0.4, -0.2) is 49.9 Å². The number of nitrogens with zero attached hydrogens (tertiary/aromatic N) is 4. The highest BCUT2D eigenvalue weighted by molar-refractivity contribution is 5.76. The summed E-state index contributed by atoms with van der Waals surface area (Å²) in [6.45, 7) is -5.27. The Balaban J connectivity index is 1.66. The molecule has 3 aromatic rings. The molecule has 170 valence electrons. The molecule has 11 heteroatoms. The molecule has 1 saturated heterocycles. The predicted octanol–water partition coefficient (Wildman–Crippen LogP) is 3.66. The van der Waals surface area contributed by atoms with Crippen LogP contribution in [0.1, 0.15) is 46.3 Å². The van der Waals surface area contributed by atoms with Crippen molar-refractivity contribution in [2.45, 2.75) is 50.2 Å². The zero-order valence-electron chi connectivity index (χ0n) is 22.6. The third-order valence-corrected chi connectivity index (χ3v) is 5.32. The number of nitrogens with one attached hydrogen (secondary N) is 2. The highest BCUT2D eigenvalue weighted by atomic mass is 19.1. The fourth-order valence-corrected chi connectivity index (χ4v) is 3.74. The number of aliphatic hydroxyl groups is 1. The highest BCUT2D eigenvalue weighted by Crippen LogP contribution is 2.32. The first-order chi connectivity index (χ1) is 17.7. The molecule has 2 fully saturated rings. The van der Waals surface area contributed by atoms with Crippen molar-refractivity contribution >= 4 is 28.7 Å². The average Bonchev–Trinajstić information content (AvgIpc) is 3.24. The number of rotatable bonds is 5. The van der Waals surface area contributed by atoms with Crippen LogP contribution >= 0.6 is 0 Å². The Bertz CT molecular complexity index is 1370. The quantitative estimate of drug-likeness (QED) is 0.541. The summed E-state index contributed by atoms with van der Waals surface area (Å²) >= 11 is 0. The van der Waals surface area contributed by atoms with E-state index in [1.54, 1.807) is 0 Å². The van der Waals surface area contributed by atoms with Gasteiger partial charge >= 0.3 is 0 Å². The Morgan fingerprint density at radius 3 is 2.59 bits per heavy atom. The van der Waals surface area contributed by atoms with E-state index in [0.29, 0.717) is 42.4 Å². The largest absolute Gasteiger partial charge is 0.393 e. The molecule has 1 saturated carbocycles. The molecule has 1 aliphatic carbocycles. The third kappa shape index (κ3) is 4.09. The number of hydrogen-bond donors (Lipinski definition) is 3. The van der Waals surface area contributed by atoms with Crippen LogP contribution in [0, 0.1) is 17.5 Å². The minimum Gasteiger partial charge on any atom is -0.393 e. The van der Waals surface area contributed by atoms with Gasteiger partial charge in [0.05, 0.1) is 30.4 Å². The lowest BCUT2D eigenvalue weighted by Crippen LogP contribution is -2.29. The molecular formula is C21H23F3N6O2. The van der Waals surface area contributed by atoms with Crippen LogP contribution in [0.3, 0.4) is 0 Å². The van der Waals surface area contributed by atoms with E-state index in [9.17, 15) is 18.3 Å². The minimum absolute atomic E-state index is 0.0401. The number of hydrogen-bond acceptors (Lipinski definition) is 7. The predicted molar refractivity (Wildman–Crippen MR) is 111 cm³/mol. The number of ether oxygens (including phenoxy) is 1. The van der Waals surface area contributed by atoms with E-state index < -0.39 is 60.7 Å². The van der Waals surface area contributed by atoms with Gasteiger partial charge in [-0.3, -0.25) is 4.57 Å². The van der Waals surface area contributed by atoms with Gasteiger partial charge in [0, 0.05) is 27.5 Å².